The minimum atomic E-state index is -0.375. The normalized spacial score (nSPS) is 18.0. The molecule has 130 valence electrons. The van der Waals surface area contributed by atoms with Gasteiger partial charge in [0.1, 0.15) is 5.75 Å². The molecule has 1 saturated heterocycles. The van der Waals surface area contributed by atoms with Gasteiger partial charge in [-0.2, -0.15) is 0 Å². The summed E-state index contributed by atoms with van der Waals surface area (Å²) in [6.45, 7) is 2.26. The van der Waals surface area contributed by atoms with Crippen molar-refractivity contribution in [3.63, 3.8) is 0 Å². The SMILES string of the molecule is COc1ccc(C2(C(=O)Nc3ccc(N4CCCC4)cc3)CC2)cc1. The predicted octanol–water partition coefficient (Wildman–Crippen LogP) is 3.97. The summed E-state index contributed by atoms with van der Waals surface area (Å²) in [7, 11) is 1.65. The second-order valence-electron chi connectivity index (χ2n) is 7.01. The van der Waals surface area contributed by atoms with Crippen molar-refractivity contribution in [3.8, 4) is 5.75 Å². The largest absolute Gasteiger partial charge is 0.497 e. The van der Waals surface area contributed by atoms with Crippen LogP contribution in [0, 0.1) is 0 Å². The molecule has 1 amide bonds. The van der Waals surface area contributed by atoms with Crippen molar-refractivity contribution in [3.05, 3.63) is 54.1 Å². The number of carbonyl (C=O) groups excluding carboxylic acids is 1. The third-order valence-corrected chi connectivity index (χ3v) is 5.42. The van der Waals surface area contributed by atoms with E-state index in [2.05, 4.69) is 22.3 Å². The molecule has 1 aliphatic heterocycles. The van der Waals surface area contributed by atoms with E-state index >= 15 is 0 Å². The summed E-state index contributed by atoms with van der Waals surface area (Å²) < 4.78 is 5.21. The van der Waals surface area contributed by atoms with E-state index in [-0.39, 0.29) is 11.3 Å². The fraction of sp³-hybridized carbons (Fsp3) is 0.381. The number of ether oxygens (including phenoxy) is 1. The van der Waals surface area contributed by atoms with Gasteiger partial charge >= 0.3 is 0 Å². The molecule has 0 unspecified atom stereocenters. The molecule has 2 fully saturated rings. The molecule has 1 aliphatic carbocycles. The summed E-state index contributed by atoms with van der Waals surface area (Å²) in [6, 6.07) is 16.1. The Balaban J connectivity index is 1.45. The first-order valence-electron chi connectivity index (χ1n) is 9.02. The third-order valence-electron chi connectivity index (χ3n) is 5.42. The van der Waals surface area contributed by atoms with Crippen LogP contribution in [0.4, 0.5) is 11.4 Å². The zero-order chi connectivity index (χ0) is 17.3. The van der Waals surface area contributed by atoms with Gasteiger partial charge in [0.25, 0.3) is 0 Å². The van der Waals surface area contributed by atoms with Crippen LogP contribution in [0.3, 0.4) is 0 Å². The highest BCUT2D eigenvalue weighted by atomic mass is 16.5. The van der Waals surface area contributed by atoms with E-state index in [1.54, 1.807) is 7.11 Å². The van der Waals surface area contributed by atoms with Gasteiger partial charge in [0, 0.05) is 24.5 Å². The van der Waals surface area contributed by atoms with Gasteiger partial charge < -0.3 is 15.0 Å². The topological polar surface area (TPSA) is 41.6 Å². The standard InChI is InChI=1S/C21H24N2O2/c1-25-19-10-4-16(5-11-19)21(12-13-21)20(24)22-17-6-8-18(9-7-17)23-14-2-3-15-23/h4-11H,2-3,12-15H2,1H3,(H,22,24). The van der Waals surface area contributed by atoms with Crippen molar-refractivity contribution in [2.75, 3.05) is 30.4 Å². The Bertz CT molecular complexity index is 742. The molecular weight excluding hydrogens is 312 g/mol. The Morgan fingerprint density at radius 1 is 1.00 bits per heavy atom. The fourth-order valence-electron chi connectivity index (χ4n) is 3.66. The summed E-state index contributed by atoms with van der Waals surface area (Å²) in [5, 5.41) is 3.10. The van der Waals surface area contributed by atoms with Crippen molar-refractivity contribution < 1.29 is 9.53 Å². The monoisotopic (exact) mass is 336 g/mol. The van der Waals surface area contributed by atoms with E-state index < -0.39 is 0 Å². The minimum absolute atomic E-state index is 0.0894. The average molecular weight is 336 g/mol. The lowest BCUT2D eigenvalue weighted by atomic mass is 9.95. The quantitative estimate of drug-likeness (QED) is 0.898. The van der Waals surface area contributed by atoms with Crippen LogP contribution in [-0.4, -0.2) is 26.1 Å². The number of hydrogen-bond donors (Lipinski definition) is 1. The van der Waals surface area contributed by atoms with Gasteiger partial charge in [-0.3, -0.25) is 4.79 Å². The van der Waals surface area contributed by atoms with Gasteiger partial charge in [0.15, 0.2) is 0 Å². The van der Waals surface area contributed by atoms with E-state index in [9.17, 15) is 4.79 Å². The first-order valence-corrected chi connectivity index (χ1v) is 9.02. The van der Waals surface area contributed by atoms with Crippen LogP contribution in [0.25, 0.3) is 0 Å². The Kier molecular flexibility index (Phi) is 4.12. The maximum Gasteiger partial charge on any atom is 0.235 e. The number of hydrogen-bond acceptors (Lipinski definition) is 3. The minimum Gasteiger partial charge on any atom is -0.497 e. The summed E-state index contributed by atoms with van der Waals surface area (Å²) in [5.41, 5.74) is 2.80. The molecule has 0 radical (unpaired) electrons. The lowest BCUT2D eigenvalue weighted by Crippen LogP contribution is -2.27. The van der Waals surface area contributed by atoms with Gasteiger partial charge in [0.05, 0.1) is 12.5 Å². The molecule has 2 aliphatic rings. The number of nitrogens with zero attached hydrogens (tertiary/aromatic N) is 1. The zero-order valence-corrected chi connectivity index (χ0v) is 14.6. The van der Waals surface area contributed by atoms with Crippen LogP contribution in [-0.2, 0) is 10.2 Å². The highest BCUT2D eigenvalue weighted by molar-refractivity contribution is 6.01. The van der Waals surface area contributed by atoms with Crippen LogP contribution >= 0.6 is 0 Å². The van der Waals surface area contributed by atoms with Gasteiger partial charge in [-0.05, 0) is 67.6 Å². The molecule has 4 nitrogen and oxygen atoms in total. The average Bonchev–Trinajstić information content (AvgIpc) is 3.29. The van der Waals surface area contributed by atoms with Crippen molar-refractivity contribution >= 4 is 17.3 Å². The summed E-state index contributed by atoms with van der Waals surface area (Å²) in [5.74, 6) is 0.907. The fourth-order valence-corrected chi connectivity index (χ4v) is 3.66. The van der Waals surface area contributed by atoms with Gasteiger partial charge in [-0.25, -0.2) is 0 Å². The first kappa shape index (κ1) is 16.0. The molecule has 0 bridgehead atoms. The smallest absolute Gasteiger partial charge is 0.235 e. The Morgan fingerprint density at radius 2 is 1.64 bits per heavy atom. The molecule has 4 rings (SSSR count). The first-order chi connectivity index (χ1) is 12.2. The molecule has 25 heavy (non-hydrogen) atoms. The molecule has 0 aromatic heterocycles. The number of rotatable bonds is 5. The lowest BCUT2D eigenvalue weighted by molar-refractivity contribution is -0.118. The number of nitrogens with one attached hydrogen (secondary N) is 1. The highest BCUT2D eigenvalue weighted by Crippen LogP contribution is 2.49. The Morgan fingerprint density at radius 3 is 2.20 bits per heavy atom. The van der Waals surface area contributed by atoms with E-state index in [0.717, 1.165) is 42.9 Å². The lowest BCUT2D eigenvalue weighted by Gasteiger charge is -2.19. The molecule has 0 atom stereocenters. The zero-order valence-electron chi connectivity index (χ0n) is 14.6. The van der Waals surface area contributed by atoms with Crippen LogP contribution < -0.4 is 15.0 Å². The van der Waals surface area contributed by atoms with E-state index in [0.29, 0.717) is 0 Å². The van der Waals surface area contributed by atoms with Gasteiger partial charge in [-0.15, -0.1) is 0 Å². The van der Waals surface area contributed by atoms with Crippen molar-refractivity contribution in [2.45, 2.75) is 31.1 Å². The van der Waals surface area contributed by atoms with Crippen LogP contribution in [0.15, 0.2) is 48.5 Å². The third kappa shape index (κ3) is 3.09. The van der Waals surface area contributed by atoms with Crippen molar-refractivity contribution in [1.82, 2.24) is 0 Å². The molecule has 1 heterocycles. The molecule has 1 saturated carbocycles. The number of anilines is 2. The maximum atomic E-state index is 12.8. The maximum absolute atomic E-state index is 12.8. The molecular formula is C21H24N2O2. The summed E-state index contributed by atoms with van der Waals surface area (Å²) in [6.07, 6.45) is 4.33. The van der Waals surface area contributed by atoms with Crippen LogP contribution in [0.1, 0.15) is 31.2 Å². The second-order valence-corrected chi connectivity index (χ2v) is 7.01. The van der Waals surface area contributed by atoms with Gasteiger partial charge in [0.2, 0.25) is 5.91 Å². The molecule has 1 N–H and O–H groups in total. The van der Waals surface area contributed by atoms with E-state index in [1.165, 1.54) is 18.5 Å². The Labute approximate surface area is 148 Å². The highest BCUT2D eigenvalue weighted by Gasteiger charge is 2.51. The van der Waals surface area contributed by atoms with Crippen molar-refractivity contribution in [1.29, 1.82) is 0 Å². The molecule has 2 aromatic carbocycles. The second kappa shape index (κ2) is 6.43. The number of methoxy groups -OCH3 is 1. The van der Waals surface area contributed by atoms with Crippen LogP contribution in [0.5, 0.6) is 5.75 Å². The van der Waals surface area contributed by atoms with E-state index in [4.69, 9.17) is 4.74 Å². The summed E-state index contributed by atoms with van der Waals surface area (Å²) in [4.78, 5) is 15.2. The number of amides is 1. The predicted molar refractivity (Wildman–Crippen MR) is 100 cm³/mol. The number of carbonyl (C=O) groups is 1. The summed E-state index contributed by atoms with van der Waals surface area (Å²) >= 11 is 0. The van der Waals surface area contributed by atoms with Gasteiger partial charge in [-0.1, -0.05) is 12.1 Å². The van der Waals surface area contributed by atoms with Crippen LogP contribution in [0.2, 0.25) is 0 Å². The Hall–Kier alpha value is -2.49. The molecule has 4 heteroatoms. The number of benzene rings is 2. The molecule has 2 aromatic rings. The van der Waals surface area contributed by atoms with E-state index in [1.807, 2.05) is 36.4 Å². The molecule has 0 spiro atoms. The van der Waals surface area contributed by atoms with Crippen molar-refractivity contribution in [2.24, 2.45) is 0 Å².